The zero-order chi connectivity index (χ0) is 15.1. The molecule has 1 aromatic carbocycles. The monoisotopic (exact) mass is 270 g/mol. The van der Waals surface area contributed by atoms with Crippen LogP contribution in [0.4, 0.5) is 15.3 Å². The molecule has 6 heteroatoms. The van der Waals surface area contributed by atoms with E-state index in [1.807, 2.05) is 32.0 Å². The van der Waals surface area contributed by atoms with Gasteiger partial charge >= 0.3 is 12.2 Å². The number of alkyl carbamates (subject to hydrolysis) is 1. The van der Waals surface area contributed by atoms with Crippen LogP contribution in [-0.2, 0) is 9.47 Å². The van der Waals surface area contributed by atoms with Crippen LogP contribution < -0.4 is 10.6 Å². The van der Waals surface area contributed by atoms with Crippen molar-refractivity contribution in [3.05, 3.63) is 30.3 Å². The van der Waals surface area contributed by atoms with E-state index in [1.54, 1.807) is 12.1 Å². The number of para-hydroxylation sites is 1. The van der Waals surface area contributed by atoms with Crippen molar-refractivity contribution in [3.63, 3.8) is 0 Å². The number of methoxy groups -OCH3 is 2. The van der Waals surface area contributed by atoms with Crippen LogP contribution in [0, 0.1) is 0 Å². The molecule has 6 nitrogen and oxygen atoms in total. The number of ether oxygens (including phenoxy) is 2. The van der Waals surface area contributed by atoms with Crippen LogP contribution in [0.1, 0.15) is 13.8 Å². The first kappa shape index (κ1) is 19.1. The minimum atomic E-state index is -0.448. The fraction of sp³-hybridized carbons (Fsp3) is 0.385. The molecule has 0 atom stereocenters. The first-order valence-electron chi connectivity index (χ1n) is 5.79. The van der Waals surface area contributed by atoms with Crippen LogP contribution in [0.5, 0.6) is 0 Å². The van der Waals surface area contributed by atoms with Crippen LogP contribution in [-0.4, -0.2) is 33.5 Å². The quantitative estimate of drug-likeness (QED) is 0.822. The summed E-state index contributed by atoms with van der Waals surface area (Å²) in [6, 6.07) is 9.13. The number of amides is 2. The second kappa shape index (κ2) is 13.8. The highest BCUT2D eigenvalue weighted by atomic mass is 16.5. The average molecular weight is 270 g/mol. The van der Waals surface area contributed by atoms with E-state index in [1.165, 1.54) is 21.3 Å². The largest absolute Gasteiger partial charge is 0.453 e. The average Bonchev–Trinajstić information content (AvgIpc) is 2.50. The molecule has 0 fully saturated rings. The van der Waals surface area contributed by atoms with Gasteiger partial charge in [-0.1, -0.05) is 32.0 Å². The third kappa shape index (κ3) is 12.0. The first-order valence-corrected chi connectivity index (χ1v) is 5.79. The van der Waals surface area contributed by atoms with E-state index in [4.69, 9.17) is 0 Å². The zero-order valence-electron chi connectivity index (χ0n) is 12.0. The lowest BCUT2D eigenvalue weighted by Crippen LogP contribution is -2.16. The summed E-state index contributed by atoms with van der Waals surface area (Å²) in [6.45, 7) is 4.00. The molecule has 0 aliphatic heterocycles. The topological polar surface area (TPSA) is 76.7 Å². The second-order valence-electron chi connectivity index (χ2n) is 2.72. The maximum Gasteiger partial charge on any atom is 0.411 e. The van der Waals surface area contributed by atoms with Gasteiger partial charge in [-0.05, 0) is 12.1 Å². The van der Waals surface area contributed by atoms with Gasteiger partial charge in [0.2, 0.25) is 0 Å². The Hall–Kier alpha value is -2.24. The second-order valence-corrected chi connectivity index (χ2v) is 2.72. The van der Waals surface area contributed by atoms with Crippen LogP contribution in [0.25, 0.3) is 0 Å². The molecule has 0 unspecified atom stereocenters. The van der Waals surface area contributed by atoms with Crippen molar-refractivity contribution in [1.29, 1.82) is 0 Å². The van der Waals surface area contributed by atoms with Crippen molar-refractivity contribution in [2.75, 3.05) is 26.6 Å². The lowest BCUT2D eigenvalue weighted by molar-refractivity contribution is 0.173. The molecule has 0 saturated heterocycles. The lowest BCUT2D eigenvalue weighted by atomic mass is 10.3. The fourth-order valence-electron chi connectivity index (χ4n) is 0.792. The van der Waals surface area contributed by atoms with Gasteiger partial charge in [0.1, 0.15) is 0 Å². The molecule has 0 aliphatic rings. The summed E-state index contributed by atoms with van der Waals surface area (Å²) in [5.41, 5.74) is 0.736. The van der Waals surface area contributed by atoms with Crippen LogP contribution in [0.15, 0.2) is 30.3 Å². The van der Waals surface area contributed by atoms with Gasteiger partial charge in [0, 0.05) is 12.7 Å². The summed E-state index contributed by atoms with van der Waals surface area (Å²) in [5, 5.41) is 4.78. The van der Waals surface area contributed by atoms with Crippen LogP contribution >= 0.6 is 0 Å². The molecule has 2 N–H and O–H groups in total. The number of carbonyl (C=O) groups excluding carboxylic acids is 2. The van der Waals surface area contributed by atoms with Crippen LogP contribution in [0.3, 0.4) is 0 Å². The molecule has 0 saturated carbocycles. The molecular formula is C13H22N2O4. The Kier molecular flexibility index (Phi) is 13.9. The third-order valence-corrected chi connectivity index (χ3v) is 1.60. The Morgan fingerprint density at radius 2 is 1.42 bits per heavy atom. The van der Waals surface area contributed by atoms with E-state index < -0.39 is 12.2 Å². The molecule has 0 aromatic heterocycles. The van der Waals surface area contributed by atoms with E-state index in [0.717, 1.165) is 5.69 Å². The normalized spacial score (nSPS) is 7.63. The SMILES string of the molecule is CC.CNC(=O)OC.COC(=O)Nc1ccccc1. The predicted octanol–water partition coefficient (Wildman–Crippen LogP) is 2.86. The molecule has 0 spiro atoms. The smallest absolute Gasteiger partial charge is 0.411 e. The highest BCUT2D eigenvalue weighted by Gasteiger charge is 1.96. The molecule has 0 aliphatic carbocycles. The molecule has 0 radical (unpaired) electrons. The van der Waals surface area contributed by atoms with Gasteiger partial charge in [0.15, 0.2) is 0 Å². The maximum absolute atomic E-state index is 10.6. The molecule has 108 valence electrons. The third-order valence-electron chi connectivity index (χ3n) is 1.60. The van der Waals surface area contributed by atoms with E-state index in [2.05, 4.69) is 20.1 Å². The number of hydrogen-bond acceptors (Lipinski definition) is 4. The molecule has 0 bridgehead atoms. The molecule has 2 amide bonds. The summed E-state index contributed by atoms with van der Waals surface area (Å²) in [4.78, 5) is 20.5. The van der Waals surface area contributed by atoms with Gasteiger partial charge in [-0.3, -0.25) is 5.32 Å². The van der Waals surface area contributed by atoms with Crippen molar-refractivity contribution in [2.45, 2.75) is 13.8 Å². The molecule has 0 heterocycles. The number of anilines is 1. The van der Waals surface area contributed by atoms with Gasteiger partial charge in [-0.15, -0.1) is 0 Å². The zero-order valence-corrected chi connectivity index (χ0v) is 12.0. The van der Waals surface area contributed by atoms with Gasteiger partial charge in [0.05, 0.1) is 14.2 Å². The highest BCUT2D eigenvalue weighted by Crippen LogP contribution is 2.04. The molecule has 19 heavy (non-hydrogen) atoms. The first-order chi connectivity index (χ1) is 9.13. The van der Waals surface area contributed by atoms with E-state index >= 15 is 0 Å². The number of nitrogens with one attached hydrogen (secondary N) is 2. The maximum atomic E-state index is 10.6. The number of benzene rings is 1. The Labute approximate surface area is 114 Å². The molecule has 1 rings (SSSR count). The van der Waals surface area contributed by atoms with E-state index in [0.29, 0.717) is 0 Å². The number of rotatable bonds is 1. The Morgan fingerprint density at radius 3 is 1.74 bits per heavy atom. The van der Waals surface area contributed by atoms with Gasteiger partial charge in [0.25, 0.3) is 0 Å². The number of hydrogen-bond donors (Lipinski definition) is 2. The fourth-order valence-corrected chi connectivity index (χ4v) is 0.792. The summed E-state index contributed by atoms with van der Waals surface area (Å²) in [6.07, 6.45) is -0.855. The molecular weight excluding hydrogens is 248 g/mol. The highest BCUT2D eigenvalue weighted by molar-refractivity contribution is 5.84. The van der Waals surface area contributed by atoms with Gasteiger partial charge in [-0.2, -0.15) is 0 Å². The van der Waals surface area contributed by atoms with Crippen molar-refractivity contribution in [1.82, 2.24) is 5.32 Å². The standard InChI is InChI=1S/C8H9NO2.C3H7NO2.C2H6/c1-11-8(10)9-7-5-3-2-4-6-7;1-4-3(5)6-2;1-2/h2-6H,1H3,(H,9,10);1-2H3,(H,4,5);1-2H3. The Bertz CT molecular complexity index is 336. The summed E-state index contributed by atoms with van der Waals surface area (Å²) >= 11 is 0. The lowest BCUT2D eigenvalue weighted by Gasteiger charge is -2.01. The summed E-state index contributed by atoms with van der Waals surface area (Å²) in [5.74, 6) is 0. The Morgan fingerprint density at radius 1 is 0.947 bits per heavy atom. The van der Waals surface area contributed by atoms with Crippen molar-refractivity contribution >= 4 is 17.9 Å². The predicted molar refractivity (Wildman–Crippen MR) is 75.3 cm³/mol. The van der Waals surface area contributed by atoms with Crippen LogP contribution in [0.2, 0.25) is 0 Å². The van der Waals surface area contributed by atoms with Gasteiger partial charge < -0.3 is 14.8 Å². The van der Waals surface area contributed by atoms with E-state index in [-0.39, 0.29) is 0 Å². The number of carbonyl (C=O) groups is 2. The minimum absolute atomic E-state index is 0.407. The van der Waals surface area contributed by atoms with Crippen molar-refractivity contribution in [2.24, 2.45) is 0 Å². The van der Waals surface area contributed by atoms with Crippen molar-refractivity contribution in [3.8, 4) is 0 Å². The minimum Gasteiger partial charge on any atom is -0.453 e. The molecule has 1 aromatic rings. The van der Waals surface area contributed by atoms with E-state index in [9.17, 15) is 9.59 Å². The van der Waals surface area contributed by atoms with Gasteiger partial charge in [-0.25, -0.2) is 9.59 Å². The Balaban J connectivity index is 0. The summed E-state index contributed by atoms with van der Waals surface area (Å²) < 4.78 is 8.55. The van der Waals surface area contributed by atoms with Crippen molar-refractivity contribution < 1.29 is 19.1 Å². The summed E-state index contributed by atoms with van der Waals surface area (Å²) in [7, 11) is 4.16.